The van der Waals surface area contributed by atoms with Gasteiger partial charge in [0.05, 0.1) is 6.20 Å². The molecule has 1 aromatic rings. The van der Waals surface area contributed by atoms with Crippen molar-refractivity contribution in [3.63, 3.8) is 0 Å². The minimum absolute atomic E-state index is 0.208. The zero-order valence-electron chi connectivity index (χ0n) is 12.7. The number of pyridine rings is 1. The molecule has 1 fully saturated rings. The van der Waals surface area contributed by atoms with Crippen LogP contribution in [-0.2, 0) is 6.54 Å². The van der Waals surface area contributed by atoms with Crippen molar-refractivity contribution >= 4 is 0 Å². The van der Waals surface area contributed by atoms with Gasteiger partial charge < -0.3 is 10.1 Å². The van der Waals surface area contributed by atoms with Crippen molar-refractivity contribution < 1.29 is 9.13 Å². The summed E-state index contributed by atoms with van der Waals surface area (Å²) >= 11 is 0. The quantitative estimate of drug-likeness (QED) is 0.893. The van der Waals surface area contributed by atoms with Crippen LogP contribution in [-0.4, -0.2) is 17.1 Å². The molecule has 0 saturated heterocycles. The highest BCUT2D eigenvalue weighted by molar-refractivity contribution is 5.26. The van der Waals surface area contributed by atoms with Gasteiger partial charge in [0.15, 0.2) is 0 Å². The van der Waals surface area contributed by atoms with Crippen molar-refractivity contribution in [2.75, 3.05) is 0 Å². The van der Waals surface area contributed by atoms with Crippen LogP contribution in [0.25, 0.3) is 0 Å². The fourth-order valence-corrected chi connectivity index (χ4v) is 2.62. The highest BCUT2D eigenvalue weighted by Gasteiger charge is 2.24. The molecule has 0 spiro atoms. The van der Waals surface area contributed by atoms with Gasteiger partial charge in [0.1, 0.15) is 11.9 Å². The monoisotopic (exact) mass is 280 g/mol. The zero-order valence-corrected chi connectivity index (χ0v) is 12.7. The van der Waals surface area contributed by atoms with Crippen LogP contribution in [0.3, 0.4) is 0 Å². The van der Waals surface area contributed by atoms with Crippen LogP contribution in [0.5, 0.6) is 5.88 Å². The second-order valence-electron chi connectivity index (χ2n) is 6.07. The summed E-state index contributed by atoms with van der Waals surface area (Å²) < 4.78 is 19.4. The highest BCUT2D eigenvalue weighted by atomic mass is 19.1. The summed E-state index contributed by atoms with van der Waals surface area (Å²) in [6.45, 7) is 6.94. The van der Waals surface area contributed by atoms with Gasteiger partial charge in [-0.25, -0.2) is 9.37 Å². The molecule has 1 heterocycles. The lowest BCUT2D eigenvalue weighted by molar-refractivity contribution is 0.0960. The van der Waals surface area contributed by atoms with Crippen LogP contribution in [0.2, 0.25) is 0 Å². The molecule has 0 bridgehead atoms. The Morgan fingerprint density at radius 1 is 1.40 bits per heavy atom. The summed E-state index contributed by atoms with van der Waals surface area (Å²) in [7, 11) is 0. The SMILES string of the molecule is CC(C)NCc1cc(F)cnc1OC1CCCCC1C. The molecular formula is C16H25FN2O. The van der Waals surface area contributed by atoms with Crippen molar-refractivity contribution in [2.45, 2.75) is 65.1 Å². The fourth-order valence-electron chi connectivity index (χ4n) is 2.62. The molecule has 1 aromatic heterocycles. The van der Waals surface area contributed by atoms with Gasteiger partial charge in [-0.1, -0.05) is 27.2 Å². The van der Waals surface area contributed by atoms with Crippen LogP contribution < -0.4 is 10.1 Å². The third kappa shape index (κ3) is 4.17. The Balaban J connectivity index is 2.09. The molecule has 0 aromatic carbocycles. The molecule has 0 aliphatic heterocycles. The predicted octanol–water partition coefficient (Wildman–Crippen LogP) is 3.68. The summed E-state index contributed by atoms with van der Waals surface area (Å²) in [6, 6.07) is 1.87. The molecule has 3 nitrogen and oxygen atoms in total. The number of hydrogen-bond donors (Lipinski definition) is 1. The smallest absolute Gasteiger partial charge is 0.218 e. The van der Waals surface area contributed by atoms with Crippen molar-refractivity contribution in [3.8, 4) is 5.88 Å². The van der Waals surface area contributed by atoms with Gasteiger partial charge in [0.25, 0.3) is 0 Å². The molecule has 2 atom stereocenters. The van der Waals surface area contributed by atoms with Crippen molar-refractivity contribution in [3.05, 3.63) is 23.6 Å². The van der Waals surface area contributed by atoms with E-state index in [0.717, 1.165) is 12.0 Å². The van der Waals surface area contributed by atoms with Crippen LogP contribution in [0, 0.1) is 11.7 Å². The first-order valence-electron chi connectivity index (χ1n) is 7.60. The summed E-state index contributed by atoms with van der Waals surface area (Å²) in [5.41, 5.74) is 0.802. The Kier molecular flexibility index (Phi) is 5.35. The Hall–Kier alpha value is -1.16. The fraction of sp³-hybridized carbons (Fsp3) is 0.688. The molecule has 1 N–H and O–H groups in total. The highest BCUT2D eigenvalue weighted by Crippen LogP contribution is 2.28. The van der Waals surface area contributed by atoms with Gasteiger partial charge in [-0.15, -0.1) is 0 Å². The van der Waals surface area contributed by atoms with Gasteiger partial charge in [-0.2, -0.15) is 0 Å². The first kappa shape index (κ1) is 15.2. The van der Waals surface area contributed by atoms with Gasteiger partial charge in [-0.3, -0.25) is 0 Å². The molecule has 1 aliphatic carbocycles. The van der Waals surface area contributed by atoms with E-state index in [-0.39, 0.29) is 11.9 Å². The van der Waals surface area contributed by atoms with Gasteiger partial charge in [-0.05, 0) is 31.2 Å². The third-order valence-electron chi connectivity index (χ3n) is 3.89. The summed E-state index contributed by atoms with van der Waals surface area (Å²) in [4.78, 5) is 4.15. The van der Waals surface area contributed by atoms with E-state index < -0.39 is 0 Å². The first-order valence-corrected chi connectivity index (χ1v) is 7.60. The average Bonchev–Trinajstić information content (AvgIpc) is 2.41. The van der Waals surface area contributed by atoms with E-state index in [2.05, 4.69) is 31.1 Å². The number of hydrogen-bond acceptors (Lipinski definition) is 3. The van der Waals surface area contributed by atoms with E-state index >= 15 is 0 Å². The number of nitrogens with one attached hydrogen (secondary N) is 1. The maximum Gasteiger partial charge on any atom is 0.218 e. The molecule has 2 rings (SSSR count). The zero-order chi connectivity index (χ0) is 14.5. The van der Waals surface area contributed by atoms with Crippen molar-refractivity contribution in [2.24, 2.45) is 5.92 Å². The second kappa shape index (κ2) is 7.02. The second-order valence-corrected chi connectivity index (χ2v) is 6.07. The number of ether oxygens (including phenoxy) is 1. The molecule has 0 amide bonds. The molecular weight excluding hydrogens is 255 g/mol. The lowest BCUT2D eigenvalue weighted by Crippen LogP contribution is -2.29. The topological polar surface area (TPSA) is 34.2 Å². The summed E-state index contributed by atoms with van der Waals surface area (Å²) in [5, 5.41) is 3.29. The third-order valence-corrected chi connectivity index (χ3v) is 3.89. The number of rotatable bonds is 5. The largest absolute Gasteiger partial charge is 0.474 e. The number of nitrogens with zero attached hydrogens (tertiary/aromatic N) is 1. The Bertz CT molecular complexity index is 436. The molecule has 1 saturated carbocycles. The summed E-state index contributed by atoms with van der Waals surface area (Å²) in [5.74, 6) is 0.814. The van der Waals surface area contributed by atoms with Crippen LogP contribution >= 0.6 is 0 Å². The van der Waals surface area contributed by atoms with E-state index in [1.165, 1.54) is 31.5 Å². The van der Waals surface area contributed by atoms with Crippen molar-refractivity contribution in [1.82, 2.24) is 10.3 Å². The van der Waals surface area contributed by atoms with E-state index in [0.29, 0.717) is 24.4 Å². The predicted molar refractivity (Wildman–Crippen MR) is 78.2 cm³/mol. The standard InChI is InChI=1S/C16H25FN2O/c1-11(2)18-9-13-8-14(17)10-19-16(13)20-15-7-5-4-6-12(15)3/h8,10-12,15,18H,4-7,9H2,1-3H3. The van der Waals surface area contributed by atoms with Crippen LogP contribution in [0.4, 0.5) is 4.39 Å². The average molecular weight is 280 g/mol. The molecule has 0 radical (unpaired) electrons. The number of aromatic nitrogens is 1. The van der Waals surface area contributed by atoms with Gasteiger partial charge >= 0.3 is 0 Å². The Morgan fingerprint density at radius 2 is 2.15 bits per heavy atom. The molecule has 2 unspecified atom stereocenters. The minimum Gasteiger partial charge on any atom is -0.474 e. The van der Waals surface area contributed by atoms with E-state index in [4.69, 9.17) is 4.74 Å². The van der Waals surface area contributed by atoms with Gasteiger partial charge in [0.2, 0.25) is 5.88 Å². The maximum absolute atomic E-state index is 13.4. The normalized spacial score (nSPS) is 23.1. The summed E-state index contributed by atoms with van der Waals surface area (Å²) in [6.07, 6.45) is 6.19. The molecule has 112 valence electrons. The number of halogens is 1. The minimum atomic E-state index is -0.311. The Labute approximate surface area is 120 Å². The maximum atomic E-state index is 13.4. The Morgan fingerprint density at radius 3 is 2.85 bits per heavy atom. The molecule has 4 heteroatoms. The van der Waals surface area contributed by atoms with Crippen LogP contribution in [0.15, 0.2) is 12.3 Å². The van der Waals surface area contributed by atoms with Crippen LogP contribution in [0.1, 0.15) is 52.0 Å². The van der Waals surface area contributed by atoms with Crippen molar-refractivity contribution in [1.29, 1.82) is 0 Å². The molecule has 20 heavy (non-hydrogen) atoms. The molecule has 1 aliphatic rings. The van der Waals surface area contributed by atoms with E-state index in [1.807, 2.05) is 0 Å². The first-order chi connectivity index (χ1) is 9.56. The van der Waals surface area contributed by atoms with Gasteiger partial charge in [0, 0.05) is 18.2 Å². The lowest BCUT2D eigenvalue weighted by Gasteiger charge is -2.29. The van der Waals surface area contributed by atoms with E-state index in [9.17, 15) is 4.39 Å². The lowest BCUT2D eigenvalue weighted by atomic mass is 9.88. The van der Waals surface area contributed by atoms with E-state index in [1.54, 1.807) is 0 Å².